The first-order valence-electron chi connectivity index (χ1n) is 14.3. The fourth-order valence-corrected chi connectivity index (χ4v) is 5.92. The van der Waals surface area contributed by atoms with E-state index in [4.69, 9.17) is 4.98 Å². The SMILES string of the molecule is CCC(CC)C(=O)/C=C(\O)C(CC)CC.Cc1ccc2cnc3c(c2c1)C(C)(C)c1cccc2nc[c-]c-3c12.[Ir]. The van der Waals surface area contributed by atoms with Gasteiger partial charge in [-0.3, -0.25) is 9.78 Å². The molecule has 1 N–H and O–H groups in total. The van der Waals surface area contributed by atoms with Crippen LogP contribution in [-0.4, -0.2) is 20.9 Å². The van der Waals surface area contributed by atoms with Gasteiger partial charge >= 0.3 is 0 Å². The molecule has 0 atom stereocenters. The minimum absolute atomic E-state index is 0. The molecule has 4 aromatic rings. The van der Waals surface area contributed by atoms with Gasteiger partial charge in [0.05, 0.1) is 5.76 Å². The zero-order valence-corrected chi connectivity index (χ0v) is 27.2. The van der Waals surface area contributed by atoms with Crippen molar-refractivity contribution in [3.63, 3.8) is 0 Å². The summed E-state index contributed by atoms with van der Waals surface area (Å²) in [7, 11) is 0. The molecular weight excluding hydrogens is 673 g/mol. The molecule has 2 aromatic carbocycles. The van der Waals surface area contributed by atoms with E-state index in [1.54, 1.807) is 6.20 Å². The van der Waals surface area contributed by atoms with E-state index in [0.717, 1.165) is 42.5 Å². The average molecular weight is 714 g/mol. The van der Waals surface area contributed by atoms with Crippen LogP contribution in [0.3, 0.4) is 0 Å². The first-order chi connectivity index (χ1) is 18.7. The molecule has 0 fully saturated rings. The summed E-state index contributed by atoms with van der Waals surface area (Å²) in [5.41, 5.74) is 6.89. The van der Waals surface area contributed by atoms with Gasteiger partial charge in [-0.05, 0) is 66.8 Å². The topological polar surface area (TPSA) is 63.1 Å². The van der Waals surface area contributed by atoms with Gasteiger partial charge in [0.15, 0.2) is 5.78 Å². The maximum absolute atomic E-state index is 11.7. The van der Waals surface area contributed by atoms with Gasteiger partial charge in [-0.25, -0.2) is 0 Å². The number of aromatic nitrogens is 2. The maximum Gasteiger partial charge on any atom is 0.162 e. The third-order valence-electron chi connectivity index (χ3n) is 8.37. The number of nitrogens with zero attached hydrogens (tertiary/aromatic N) is 2. The summed E-state index contributed by atoms with van der Waals surface area (Å²) in [6.07, 6.45) is 8.66. The molecule has 0 unspecified atom stereocenters. The maximum atomic E-state index is 11.7. The van der Waals surface area contributed by atoms with Crippen LogP contribution in [0.2, 0.25) is 0 Å². The van der Waals surface area contributed by atoms with Crippen molar-refractivity contribution in [3.8, 4) is 11.3 Å². The molecule has 0 bridgehead atoms. The number of rotatable bonds is 7. The Balaban J connectivity index is 0.000000243. The molecule has 2 heterocycles. The molecule has 5 rings (SSSR count). The van der Waals surface area contributed by atoms with Gasteiger partial charge in [-0.15, -0.1) is 0 Å². The van der Waals surface area contributed by atoms with E-state index < -0.39 is 0 Å². The molecule has 0 saturated heterocycles. The van der Waals surface area contributed by atoms with Crippen LogP contribution >= 0.6 is 0 Å². The number of aryl methyl sites for hydroxylation is 1. The third-order valence-corrected chi connectivity index (χ3v) is 8.37. The van der Waals surface area contributed by atoms with Crippen LogP contribution < -0.4 is 0 Å². The van der Waals surface area contributed by atoms with Crippen LogP contribution in [0.5, 0.6) is 0 Å². The number of allylic oxidation sites excluding steroid dienone is 2. The van der Waals surface area contributed by atoms with Crippen molar-refractivity contribution in [3.05, 3.63) is 83.4 Å². The molecule has 0 spiro atoms. The van der Waals surface area contributed by atoms with E-state index in [2.05, 4.69) is 68.2 Å². The van der Waals surface area contributed by atoms with E-state index in [0.29, 0.717) is 0 Å². The summed E-state index contributed by atoms with van der Waals surface area (Å²) < 4.78 is 0. The molecule has 1 aliphatic rings. The second-order valence-corrected chi connectivity index (χ2v) is 11.2. The number of carbonyl (C=O) groups is 1. The van der Waals surface area contributed by atoms with E-state index in [1.165, 1.54) is 38.9 Å². The van der Waals surface area contributed by atoms with Crippen LogP contribution in [0.1, 0.15) is 83.9 Å². The first-order valence-corrected chi connectivity index (χ1v) is 14.3. The predicted molar refractivity (Wildman–Crippen MR) is 162 cm³/mol. The second kappa shape index (κ2) is 13.2. The van der Waals surface area contributed by atoms with Gasteiger partial charge in [0.1, 0.15) is 0 Å². The number of fused-ring (bicyclic) bond motifs is 4. The molecule has 4 nitrogen and oxygen atoms in total. The molecule has 0 aliphatic heterocycles. The van der Waals surface area contributed by atoms with Crippen LogP contribution in [0.25, 0.3) is 32.9 Å². The number of aliphatic hydroxyl groups excluding tert-OH is 1. The Labute approximate surface area is 252 Å². The van der Waals surface area contributed by atoms with Gasteiger partial charge in [0.25, 0.3) is 0 Å². The van der Waals surface area contributed by atoms with Crippen LogP contribution in [0, 0.1) is 24.8 Å². The fourth-order valence-electron chi connectivity index (χ4n) is 5.92. The number of pyridine rings is 2. The Kier molecular flexibility index (Phi) is 10.4. The quantitative estimate of drug-likeness (QED) is 0.118. The van der Waals surface area contributed by atoms with Gasteiger partial charge in [0, 0.05) is 49.7 Å². The predicted octanol–water partition coefficient (Wildman–Crippen LogP) is 9.07. The fraction of sp³-hybridized carbons (Fsp3) is 0.400. The summed E-state index contributed by atoms with van der Waals surface area (Å²) >= 11 is 0. The Morgan fingerprint density at radius 3 is 2.33 bits per heavy atom. The van der Waals surface area contributed by atoms with Crippen molar-refractivity contribution in [1.29, 1.82) is 0 Å². The van der Waals surface area contributed by atoms with Crippen LogP contribution in [-0.2, 0) is 30.3 Å². The summed E-state index contributed by atoms with van der Waals surface area (Å²) in [4.78, 5) is 21.1. The van der Waals surface area contributed by atoms with E-state index >= 15 is 0 Å². The number of ketones is 1. The summed E-state index contributed by atoms with van der Waals surface area (Å²) in [6, 6.07) is 16.3. The Morgan fingerprint density at radius 2 is 1.68 bits per heavy atom. The molecule has 1 radical (unpaired) electrons. The average Bonchev–Trinajstić information content (AvgIpc) is 2.92. The van der Waals surface area contributed by atoms with Crippen molar-refractivity contribution >= 4 is 27.5 Å². The number of aliphatic hydroxyl groups is 1. The number of hydrogen-bond donors (Lipinski definition) is 1. The molecule has 1 aliphatic carbocycles. The van der Waals surface area contributed by atoms with E-state index in [9.17, 15) is 9.90 Å². The number of benzene rings is 2. The van der Waals surface area contributed by atoms with Crippen LogP contribution in [0.4, 0.5) is 0 Å². The number of hydrogen-bond acceptors (Lipinski definition) is 4. The molecule has 0 saturated carbocycles. The molecular formula is C35H41IrN2O2-. The summed E-state index contributed by atoms with van der Waals surface area (Å²) in [6.45, 7) is 14.8. The molecule has 40 heavy (non-hydrogen) atoms. The first kappa shape index (κ1) is 31.6. The van der Waals surface area contributed by atoms with Gasteiger partial charge in [-0.1, -0.05) is 94.0 Å². The smallest absolute Gasteiger partial charge is 0.162 e. The van der Waals surface area contributed by atoms with Crippen molar-refractivity contribution in [2.75, 3.05) is 0 Å². The Hall–Kier alpha value is -2.88. The standard InChI is InChI=1S/C22H17N2.C13H24O2.Ir/c1-13-7-8-14-12-24-21-15-9-10-23-18-6-4-5-17(19(15)18)22(2,3)20(21)16(14)11-13;1-5-10(6-2)12(14)9-13(15)11(7-3)8-4;/h4-8,10-12H,1-3H3;9-11,14H,5-8H2,1-4H3;/q-1;;/b;12-9-;. The van der Waals surface area contributed by atoms with E-state index in [1.807, 2.05) is 33.9 Å². The van der Waals surface area contributed by atoms with Gasteiger partial charge in [-0.2, -0.15) is 11.6 Å². The Bertz CT molecular complexity index is 1530. The monoisotopic (exact) mass is 714 g/mol. The number of carbonyl (C=O) groups excluding carboxylic acids is 1. The summed E-state index contributed by atoms with van der Waals surface area (Å²) in [5.74, 6) is 0.547. The van der Waals surface area contributed by atoms with Crippen molar-refractivity contribution in [2.45, 2.75) is 79.6 Å². The molecule has 5 heteroatoms. The Morgan fingerprint density at radius 1 is 1.00 bits per heavy atom. The van der Waals surface area contributed by atoms with Gasteiger partial charge in [0.2, 0.25) is 0 Å². The minimum atomic E-state index is -0.126. The van der Waals surface area contributed by atoms with Crippen molar-refractivity contribution in [1.82, 2.24) is 9.97 Å². The molecule has 213 valence electrons. The second-order valence-electron chi connectivity index (χ2n) is 11.2. The van der Waals surface area contributed by atoms with Crippen molar-refractivity contribution < 1.29 is 30.0 Å². The molecule has 2 aromatic heterocycles. The third kappa shape index (κ3) is 5.92. The minimum Gasteiger partial charge on any atom is -0.512 e. The van der Waals surface area contributed by atoms with Gasteiger partial charge < -0.3 is 10.1 Å². The molecule has 0 amide bonds. The van der Waals surface area contributed by atoms with Crippen LogP contribution in [0.15, 0.2) is 60.6 Å². The largest absolute Gasteiger partial charge is 0.512 e. The van der Waals surface area contributed by atoms with E-state index in [-0.39, 0.29) is 48.9 Å². The van der Waals surface area contributed by atoms with Crippen molar-refractivity contribution in [2.24, 2.45) is 11.8 Å². The zero-order chi connectivity index (χ0) is 28.3. The summed E-state index contributed by atoms with van der Waals surface area (Å²) in [5, 5.41) is 13.4. The zero-order valence-electron chi connectivity index (χ0n) is 24.8. The normalized spacial score (nSPS) is 13.6.